The molecular weight excluding hydrogens is 1160 g/mol. The average Bonchev–Trinajstić information content (AvgIpc) is 0.774. The molecule has 0 aliphatic carbocycles. The van der Waals surface area contributed by atoms with Gasteiger partial charge in [-0.05, 0) is 162 Å². The Morgan fingerprint density at radius 3 is 1.29 bits per heavy atom. The zero-order chi connectivity index (χ0) is 62.6. The Morgan fingerprint density at radius 2 is 0.772 bits per heavy atom. The second-order valence-corrected chi connectivity index (χ2v) is 25.1. The van der Waals surface area contributed by atoms with Gasteiger partial charge in [0.1, 0.15) is 34.5 Å². The second-order valence-electron chi connectivity index (χ2n) is 25.1. The molecule has 0 saturated heterocycles. The minimum absolute atomic E-state index is 0.431. The van der Waals surface area contributed by atoms with Crippen molar-refractivity contribution >= 4 is 141 Å². The Labute approximate surface area is 526 Å². The number of hydrogen-bond acceptors (Lipinski definition) is 4. The number of halogens is 6. The standard InChI is InChI=1S/C78H51B2F6N5O/c1-40-20-24-51-53-26-22-42(3)44(5)75(53)88(65(51)28-40)49-34-68-73-69(35-49)90(77-59(83)30-46(81)31-60(77)84)63-18-12-10-16-55(63)79(73)57-38-58-71(39-67(57)87(68)48-14-8-7-9-15-48)92-72-37-50(89-66-29-41(2)21-25-52(66)54-27-23-43(4)45(6)76(54)89)36-70-74(72)80(58)56-17-11-13-19-64(56)91(70)78-61(85)32-47(82)33-62(78)86/h7-39H,1-6H3. The van der Waals surface area contributed by atoms with Crippen molar-refractivity contribution < 1.29 is 31.1 Å². The summed E-state index contributed by atoms with van der Waals surface area (Å²) in [7, 11) is 0. The van der Waals surface area contributed by atoms with E-state index in [-0.39, 0.29) is 0 Å². The van der Waals surface area contributed by atoms with Crippen LogP contribution in [0.4, 0.5) is 77.5 Å². The van der Waals surface area contributed by atoms with E-state index in [0.29, 0.717) is 63.0 Å². The molecule has 0 bridgehead atoms. The van der Waals surface area contributed by atoms with E-state index in [9.17, 15) is 0 Å². The highest BCUT2D eigenvalue weighted by molar-refractivity contribution is 7.02. The monoisotopic (exact) mass is 1210 g/mol. The van der Waals surface area contributed by atoms with Gasteiger partial charge in [-0.1, -0.05) is 109 Å². The molecule has 0 fully saturated rings. The van der Waals surface area contributed by atoms with Gasteiger partial charge < -0.3 is 28.6 Å². The van der Waals surface area contributed by atoms with Crippen molar-refractivity contribution in [2.45, 2.75) is 41.5 Å². The average molecular weight is 1210 g/mol. The summed E-state index contributed by atoms with van der Waals surface area (Å²) in [5, 5.41) is 4.15. The molecule has 4 aliphatic heterocycles. The first-order valence-corrected chi connectivity index (χ1v) is 30.8. The van der Waals surface area contributed by atoms with Crippen molar-refractivity contribution in [2.75, 3.05) is 14.7 Å². The maximum absolute atomic E-state index is 17.1. The number of ether oxygens (including phenoxy) is 1. The van der Waals surface area contributed by atoms with Gasteiger partial charge in [-0.3, -0.25) is 0 Å². The third kappa shape index (κ3) is 7.43. The zero-order valence-corrected chi connectivity index (χ0v) is 50.6. The van der Waals surface area contributed by atoms with Crippen molar-refractivity contribution in [3.63, 3.8) is 0 Å². The Kier molecular flexibility index (Phi) is 11.4. The van der Waals surface area contributed by atoms with Crippen LogP contribution in [0.5, 0.6) is 11.5 Å². The summed E-state index contributed by atoms with van der Waals surface area (Å²) < 4.78 is 111. The fraction of sp³-hybridized carbons (Fsp3) is 0.0769. The largest absolute Gasteiger partial charge is 0.458 e. The molecule has 0 amide bonds. The van der Waals surface area contributed by atoms with Crippen LogP contribution in [0, 0.1) is 76.4 Å². The molecule has 0 N–H and O–H groups in total. The lowest BCUT2D eigenvalue weighted by Crippen LogP contribution is -2.64. The summed E-state index contributed by atoms with van der Waals surface area (Å²) in [6.07, 6.45) is 0. The maximum atomic E-state index is 17.1. The van der Waals surface area contributed by atoms with Crippen molar-refractivity contribution in [1.82, 2.24) is 9.13 Å². The molecule has 14 aromatic rings. The molecule has 0 unspecified atom stereocenters. The molecule has 0 saturated carbocycles. The number of para-hydroxylation sites is 3. The molecule has 4 aliphatic rings. The summed E-state index contributed by atoms with van der Waals surface area (Å²) >= 11 is 0. The summed E-state index contributed by atoms with van der Waals surface area (Å²) in [5.41, 5.74) is 19.3. The Morgan fingerprint density at radius 1 is 0.326 bits per heavy atom. The number of benzene rings is 12. The van der Waals surface area contributed by atoms with E-state index in [4.69, 9.17) is 4.74 Å². The van der Waals surface area contributed by atoms with E-state index in [0.717, 1.165) is 134 Å². The minimum Gasteiger partial charge on any atom is -0.458 e. The molecule has 6 heterocycles. The fourth-order valence-electron chi connectivity index (χ4n) is 15.7. The number of rotatable bonds is 5. The van der Waals surface area contributed by atoms with Crippen LogP contribution in [0.3, 0.4) is 0 Å². The van der Waals surface area contributed by atoms with Gasteiger partial charge in [0.05, 0.1) is 33.4 Å². The van der Waals surface area contributed by atoms with E-state index in [1.807, 2.05) is 97.1 Å². The highest BCUT2D eigenvalue weighted by Gasteiger charge is 2.49. The maximum Gasteiger partial charge on any atom is 0.256 e. The summed E-state index contributed by atoms with van der Waals surface area (Å²) in [6, 6.07) is 61.9. The molecule has 0 radical (unpaired) electrons. The lowest BCUT2D eigenvalue weighted by Gasteiger charge is -2.45. The van der Waals surface area contributed by atoms with Gasteiger partial charge in [0.25, 0.3) is 13.4 Å². The minimum atomic E-state index is -1.08. The predicted molar refractivity (Wildman–Crippen MR) is 363 cm³/mol. The van der Waals surface area contributed by atoms with Gasteiger partial charge in [-0.15, -0.1) is 0 Å². The van der Waals surface area contributed by atoms with Crippen molar-refractivity contribution in [3.8, 4) is 22.9 Å². The van der Waals surface area contributed by atoms with Crippen LogP contribution in [0.2, 0.25) is 0 Å². The molecule has 0 spiro atoms. The van der Waals surface area contributed by atoms with Crippen molar-refractivity contribution in [3.05, 3.63) is 268 Å². The van der Waals surface area contributed by atoms with E-state index < -0.39 is 59.7 Å². The molecule has 6 nitrogen and oxygen atoms in total. The van der Waals surface area contributed by atoms with Crippen LogP contribution in [-0.2, 0) is 0 Å². The lowest BCUT2D eigenvalue weighted by molar-refractivity contribution is 0.487. The Bertz CT molecular complexity index is 5620. The highest BCUT2D eigenvalue weighted by Crippen LogP contribution is 2.51. The van der Waals surface area contributed by atoms with Crippen LogP contribution in [-0.4, -0.2) is 22.6 Å². The lowest BCUT2D eigenvalue weighted by atomic mass is 9.30. The first kappa shape index (κ1) is 54.1. The third-order valence-electron chi connectivity index (χ3n) is 19.9. The zero-order valence-electron chi connectivity index (χ0n) is 50.6. The number of aromatic nitrogens is 2. The van der Waals surface area contributed by atoms with Gasteiger partial charge in [0.15, 0.2) is 23.3 Å². The van der Waals surface area contributed by atoms with Crippen molar-refractivity contribution in [1.29, 1.82) is 0 Å². The number of anilines is 9. The quantitative estimate of drug-likeness (QED) is 0.127. The number of nitrogens with zero attached hydrogens (tertiary/aromatic N) is 5. The number of aryl methyl sites for hydroxylation is 6. The summed E-state index contributed by atoms with van der Waals surface area (Å²) in [4.78, 5) is 5.39. The predicted octanol–water partition coefficient (Wildman–Crippen LogP) is 17.1. The molecule has 0 atom stereocenters. The van der Waals surface area contributed by atoms with E-state index >= 15 is 26.3 Å². The van der Waals surface area contributed by atoms with Crippen LogP contribution >= 0.6 is 0 Å². The fourth-order valence-corrected chi connectivity index (χ4v) is 15.7. The van der Waals surface area contributed by atoms with Gasteiger partial charge in [-0.25, -0.2) is 26.3 Å². The van der Waals surface area contributed by atoms with Crippen LogP contribution < -0.4 is 52.2 Å². The van der Waals surface area contributed by atoms with Crippen LogP contribution in [0.25, 0.3) is 55.0 Å². The van der Waals surface area contributed by atoms with Gasteiger partial charge >= 0.3 is 0 Å². The van der Waals surface area contributed by atoms with Gasteiger partial charge in [0.2, 0.25) is 0 Å². The summed E-state index contributed by atoms with van der Waals surface area (Å²) in [6.45, 7) is 11.3. The van der Waals surface area contributed by atoms with Gasteiger partial charge in [-0.2, -0.15) is 0 Å². The summed E-state index contributed by atoms with van der Waals surface area (Å²) in [5.74, 6) is -5.41. The van der Waals surface area contributed by atoms with Gasteiger partial charge in [0, 0.05) is 97.8 Å². The topological polar surface area (TPSA) is 28.8 Å². The Hall–Kier alpha value is -10.9. The molecule has 442 valence electrons. The van der Waals surface area contributed by atoms with E-state index in [1.165, 1.54) is 0 Å². The first-order chi connectivity index (χ1) is 44.6. The van der Waals surface area contributed by atoms with Crippen LogP contribution in [0.1, 0.15) is 33.4 Å². The first-order valence-electron chi connectivity index (χ1n) is 30.8. The second kappa shape index (κ2) is 19.3. The van der Waals surface area contributed by atoms with E-state index in [2.05, 4.69) is 134 Å². The van der Waals surface area contributed by atoms with Crippen molar-refractivity contribution in [2.24, 2.45) is 0 Å². The molecule has 12 aromatic carbocycles. The molecule has 18 rings (SSSR count). The van der Waals surface area contributed by atoms with E-state index in [1.54, 1.807) is 9.80 Å². The molecule has 2 aromatic heterocycles. The molecular formula is C78H51B2F6N5O. The number of fused-ring (bicyclic) bond motifs is 14. The molecule has 14 heteroatoms. The third-order valence-corrected chi connectivity index (χ3v) is 19.9. The van der Waals surface area contributed by atoms with Crippen LogP contribution in [0.15, 0.2) is 200 Å². The highest BCUT2D eigenvalue weighted by atomic mass is 19.2. The SMILES string of the molecule is Cc1ccc2c3ccc(C)c(C)c3n(-c3cc4c5c(c3)N(c3c(F)cc(F)cc3F)c3ccccc3B5c3cc5c(cc3O4)N(c3ccccc3)c3cc(-n4c6cc(C)ccc6c6ccc(C)c(C)c64)cc4c3B5c3ccccc3N4c3c(F)cc(F)cc3F)c2c1. The smallest absolute Gasteiger partial charge is 0.256 e. The number of hydrogen-bond donors (Lipinski definition) is 0. The Balaban J connectivity index is 0.956. The normalized spacial score (nSPS) is 13.4. The molecule has 92 heavy (non-hydrogen) atoms.